The Kier molecular flexibility index (Phi) is 7.62. The van der Waals surface area contributed by atoms with Crippen molar-refractivity contribution in [2.24, 2.45) is 0 Å². The van der Waals surface area contributed by atoms with E-state index >= 15 is 0 Å². The van der Waals surface area contributed by atoms with Crippen LogP contribution < -0.4 is 14.4 Å². The lowest BCUT2D eigenvalue weighted by Gasteiger charge is -2.23. The van der Waals surface area contributed by atoms with Crippen molar-refractivity contribution >= 4 is 39.9 Å². The van der Waals surface area contributed by atoms with E-state index in [4.69, 9.17) is 14.2 Å². The monoisotopic (exact) mass is 562 g/mol. The number of thiazole rings is 1. The van der Waals surface area contributed by atoms with Gasteiger partial charge in [0.05, 0.1) is 31.0 Å². The van der Waals surface area contributed by atoms with Crippen molar-refractivity contribution in [1.82, 2.24) is 4.98 Å². The highest BCUT2D eigenvalue weighted by Gasteiger charge is 2.48. The zero-order chi connectivity index (χ0) is 28.6. The van der Waals surface area contributed by atoms with Crippen LogP contribution in [0.3, 0.4) is 0 Å². The normalized spacial score (nSPS) is 19.4. The number of anilines is 1. The number of aryl methyl sites for hydroxylation is 1. The minimum Gasteiger partial charge on any atom is -0.507 e. The van der Waals surface area contributed by atoms with Crippen LogP contribution in [0.15, 0.2) is 48.0 Å². The summed E-state index contributed by atoms with van der Waals surface area (Å²) >= 11 is 0.956. The molecule has 10 heteroatoms. The van der Waals surface area contributed by atoms with E-state index in [9.17, 15) is 19.5 Å². The van der Waals surface area contributed by atoms with Gasteiger partial charge in [0.25, 0.3) is 5.78 Å². The molecule has 2 aromatic carbocycles. The molecule has 0 aliphatic carbocycles. The molecule has 3 heterocycles. The van der Waals surface area contributed by atoms with Gasteiger partial charge in [0.2, 0.25) is 0 Å². The van der Waals surface area contributed by atoms with Gasteiger partial charge in [-0.15, -0.1) is 0 Å². The Bertz CT molecular complexity index is 1530. The van der Waals surface area contributed by atoms with E-state index < -0.39 is 23.7 Å². The second-order valence-electron chi connectivity index (χ2n) is 9.80. The molecule has 5 rings (SSSR count). The first-order valence-corrected chi connectivity index (χ1v) is 13.9. The van der Waals surface area contributed by atoms with Crippen LogP contribution in [0, 0.1) is 6.92 Å². The molecule has 1 N–H and O–H groups in total. The molecule has 40 heavy (non-hydrogen) atoms. The number of aliphatic hydroxyl groups is 1. The van der Waals surface area contributed by atoms with Gasteiger partial charge < -0.3 is 19.3 Å². The molecular weight excluding hydrogens is 532 g/mol. The summed E-state index contributed by atoms with van der Waals surface area (Å²) in [4.78, 5) is 45.3. The third-order valence-corrected chi connectivity index (χ3v) is 8.05. The number of Topliss-reactive ketones (excluding diaryl/α,β-unsaturated/α-hetero) is 1. The number of unbranched alkanes of at least 4 members (excludes halogenated alkanes) is 1. The molecule has 1 amide bonds. The number of hydrogen-bond donors (Lipinski definition) is 1. The standard InChI is InChI=1S/C30H30N2O7S/c1-5-6-12-38-21-9-7-8-18(15-21)24-23(25(33)19-10-11-22-20(14-19)13-16(2)39-22)26(34)28(35)32(24)30-31-17(3)27(40-30)29(36)37-4/h7-11,14-16,24,33H,5-6,12-13H2,1-4H3/b25-23+/t16-,24+/m1/s1. The fourth-order valence-electron chi connectivity index (χ4n) is 4.95. The predicted octanol–water partition coefficient (Wildman–Crippen LogP) is 5.37. The molecule has 0 bridgehead atoms. The number of hydrogen-bond acceptors (Lipinski definition) is 9. The number of ether oxygens (including phenoxy) is 3. The Labute approximate surface area is 236 Å². The molecule has 2 aliphatic rings. The first kappa shape index (κ1) is 27.4. The molecule has 0 unspecified atom stereocenters. The van der Waals surface area contributed by atoms with E-state index in [-0.39, 0.29) is 27.4 Å². The summed E-state index contributed by atoms with van der Waals surface area (Å²) in [7, 11) is 1.26. The Morgan fingerprint density at radius 2 is 2.02 bits per heavy atom. The SMILES string of the molecule is CCCCOc1cccc([C@H]2/C(=C(\O)c3ccc4c(c3)C[C@@H](C)O4)C(=O)C(=O)N2c2nc(C)c(C(=O)OC)s2)c1. The Hall–Kier alpha value is -4.18. The summed E-state index contributed by atoms with van der Waals surface area (Å²) in [6.45, 7) is 6.18. The van der Waals surface area contributed by atoms with Gasteiger partial charge >= 0.3 is 11.9 Å². The zero-order valence-electron chi connectivity index (χ0n) is 22.7. The number of carbonyl (C=O) groups excluding carboxylic acids is 3. The molecule has 1 aromatic heterocycles. The summed E-state index contributed by atoms with van der Waals surface area (Å²) in [6, 6.07) is 11.3. The number of aliphatic hydroxyl groups excluding tert-OH is 1. The van der Waals surface area contributed by atoms with Crippen LogP contribution in [0.4, 0.5) is 5.13 Å². The lowest BCUT2D eigenvalue weighted by Crippen LogP contribution is -2.29. The molecule has 1 saturated heterocycles. The van der Waals surface area contributed by atoms with Crippen molar-refractivity contribution < 1.29 is 33.7 Å². The maximum Gasteiger partial charge on any atom is 0.350 e. The van der Waals surface area contributed by atoms with E-state index in [1.54, 1.807) is 49.4 Å². The minimum atomic E-state index is -1.01. The van der Waals surface area contributed by atoms with Gasteiger partial charge in [-0.2, -0.15) is 0 Å². The molecule has 208 valence electrons. The van der Waals surface area contributed by atoms with Crippen LogP contribution >= 0.6 is 11.3 Å². The van der Waals surface area contributed by atoms with Gasteiger partial charge in [0, 0.05) is 12.0 Å². The number of benzene rings is 2. The van der Waals surface area contributed by atoms with Crippen LogP contribution in [0.5, 0.6) is 11.5 Å². The second-order valence-corrected chi connectivity index (χ2v) is 10.8. The summed E-state index contributed by atoms with van der Waals surface area (Å²) in [5, 5.41) is 11.7. The number of ketones is 1. The van der Waals surface area contributed by atoms with Crippen LogP contribution in [0.1, 0.15) is 64.8 Å². The van der Waals surface area contributed by atoms with Crippen LogP contribution in [0.25, 0.3) is 5.76 Å². The lowest BCUT2D eigenvalue weighted by atomic mass is 9.94. The number of esters is 1. The van der Waals surface area contributed by atoms with Crippen LogP contribution in [-0.4, -0.2) is 47.6 Å². The molecule has 3 aromatic rings. The van der Waals surface area contributed by atoms with Crippen molar-refractivity contribution in [3.05, 3.63) is 75.3 Å². The van der Waals surface area contributed by atoms with E-state index in [0.29, 0.717) is 35.6 Å². The predicted molar refractivity (Wildman–Crippen MR) is 150 cm³/mol. The van der Waals surface area contributed by atoms with E-state index in [1.165, 1.54) is 12.0 Å². The topological polar surface area (TPSA) is 115 Å². The molecule has 0 spiro atoms. The highest BCUT2D eigenvalue weighted by molar-refractivity contribution is 7.17. The van der Waals surface area contributed by atoms with Gasteiger partial charge in [-0.05, 0) is 61.7 Å². The smallest absolute Gasteiger partial charge is 0.350 e. The molecule has 2 atom stereocenters. The average molecular weight is 563 g/mol. The third kappa shape index (κ3) is 4.95. The molecule has 2 aliphatic heterocycles. The maximum absolute atomic E-state index is 13.6. The summed E-state index contributed by atoms with van der Waals surface area (Å²) < 4.78 is 16.5. The van der Waals surface area contributed by atoms with Crippen LogP contribution in [-0.2, 0) is 20.7 Å². The largest absolute Gasteiger partial charge is 0.507 e. The molecular formula is C30H30N2O7S. The third-order valence-electron chi connectivity index (χ3n) is 6.92. The van der Waals surface area contributed by atoms with Crippen molar-refractivity contribution in [3.8, 4) is 11.5 Å². The van der Waals surface area contributed by atoms with Gasteiger partial charge in [-0.3, -0.25) is 14.5 Å². The van der Waals surface area contributed by atoms with Crippen molar-refractivity contribution in [3.63, 3.8) is 0 Å². The average Bonchev–Trinajstić information content (AvgIpc) is 3.59. The van der Waals surface area contributed by atoms with Gasteiger partial charge in [-0.25, -0.2) is 9.78 Å². The van der Waals surface area contributed by atoms with Crippen LogP contribution in [0.2, 0.25) is 0 Å². The van der Waals surface area contributed by atoms with Crippen molar-refractivity contribution in [1.29, 1.82) is 0 Å². The Morgan fingerprint density at radius 3 is 2.77 bits per heavy atom. The number of nitrogens with zero attached hydrogens (tertiary/aromatic N) is 2. The molecule has 0 radical (unpaired) electrons. The number of methoxy groups -OCH3 is 1. The first-order valence-electron chi connectivity index (χ1n) is 13.1. The summed E-state index contributed by atoms with van der Waals surface area (Å²) in [5.41, 5.74) is 2.17. The molecule has 9 nitrogen and oxygen atoms in total. The molecule has 0 saturated carbocycles. The number of aromatic nitrogens is 1. The lowest BCUT2D eigenvalue weighted by molar-refractivity contribution is -0.132. The van der Waals surface area contributed by atoms with Crippen molar-refractivity contribution in [2.75, 3.05) is 18.6 Å². The Balaban J connectivity index is 1.65. The fourth-order valence-corrected chi connectivity index (χ4v) is 5.96. The van der Waals surface area contributed by atoms with E-state index in [1.807, 2.05) is 6.92 Å². The van der Waals surface area contributed by atoms with Gasteiger partial charge in [-0.1, -0.05) is 36.8 Å². The zero-order valence-corrected chi connectivity index (χ0v) is 23.5. The number of rotatable bonds is 8. The fraction of sp³-hybridized carbons (Fsp3) is 0.333. The Morgan fingerprint density at radius 1 is 1.23 bits per heavy atom. The van der Waals surface area contributed by atoms with E-state index in [0.717, 1.165) is 35.5 Å². The minimum absolute atomic E-state index is 0.00516. The van der Waals surface area contributed by atoms with Gasteiger partial charge in [0.15, 0.2) is 5.13 Å². The number of amides is 1. The van der Waals surface area contributed by atoms with Crippen molar-refractivity contribution in [2.45, 2.75) is 52.2 Å². The summed E-state index contributed by atoms with van der Waals surface area (Å²) in [6.07, 6.45) is 2.51. The molecule has 1 fully saturated rings. The number of carbonyl (C=O) groups is 3. The van der Waals surface area contributed by atoms with E-state index in [2.05, 4.69) is 11.9 Å². The number of fused-ring (bicyclic) bond motifs is 1. The van der Waals surface area contributed by atoms with Gasteiger partial charge in [0.1, 0.15) is 28.2 Å². The highest BCUT2D eigenvalue weighted by Crippen LogP contribution is 2.45. The maximum atomic E-state index is 13.6. The first-order chi connectivity index (χ1) is 19.2. The highest BCUT2D eigenvalue weighted by atomic mass is 32.1. The quantitative estimate of drug-likeness (QED) is 0.128. The second kappa shape index (κ2) is 11.1. The summed E-state index contributed by atoms with van der Waals surface area (Å²) in [5.74, 6) is -1.29.